The summed E-state index contributed by atoms with van der Waals surface area (Å²) in [5, 5.41) is 2.94. The summed E-state index contributed by atoms with van der Waals surface area (Å²) >= 11 is 0. The van der Waals surface area contributed by atoms with Gasteiger partial charge >= 0.3 is 5.69 Å². The summed E-state index contributed by atoms with van der Waals surface area (Å²) in [5.41, 5.74) is 3.36. The van der Waals surface area contributed by atoms with Crippen molar-refractivity contribution in [2.75, 3.05) is 0 Å². The van der Waals surface area contributed by atoms with Crippen LogP contribution in [0.1, 0.15) is 31.9 Å². The Morgan fingerprint density at radius 2 is 1.68 bits per heavy atom. The van der Waals surface area contributed by atoms with Gasteiger partial charge in [0, 0.05) is 6.92 Å². The number of aromatic nitrogens is 2. The van der Waals surface area contributed by atoms with E-state index in [0.29, 0.717) is 6.54 Å². The highest BCUT2D eigenvalue weighted by atomic mass is 31.0. The second-order valence-electron chi connectivity index (χ2n) is 6.73. The largest absolute Gasteiger partial charge is 0.347 e. The molecule has 1 amide bonds. The van der Waals surface area contributed by atoms with Crippen LogP contribution in [-0.4, -0.2) is 14.8 Å². The first kappa shape index (κ1) is 17.4. The van der Waals surface area contributed by atoms with Gasteiger partial charge in [-0.25, -0.2) is 4.79 Å². The number of hydrogen-bond donors (Lipinski definition) is 1. The maximum Gasteiger partial charge on any atom is 0.332 e. The number of para-hydroxylation sites is 2. The van der Waals surface area contributed by atoms with Crippen molar-refractivity contribution in [3.8, 4) is 0 Å². The molecule has 0 aliphatic heterocycles. The number of imidazole rings is 1. The van der Waals surface area contributed by atoms with E-state index in [1.165, 1.54) is 6.92 Å². The molecule has 2 aromatic carbocycles. The van der Waals surface area contributed by atoms with E-state index in [2.05, 4.69) is 14.7 Å². The average Bonchev–Trinajstić information content (AvgIpc) is 2.80. The Hall–Kier alpha value is -2.39. The number of fused-ring (bicyclic) bond motifs is 1. The van der Waals surface area contributed by atoms with Crippen molar-refractivity contribution in [2.45, 2.75) is 32.9 Å². The number of hydrogen-bond acceptors (Lipinski definition) is 2. The third-order valence-electron chi connectivity index (χ3n) is 4.37. The molecule has 1 atom stereocenters. The lowest BCUT2D eigenvalue weighted by Gasteiger charge is -2.26. The standard InChI is InChI=1S/C19H22N3O2P/c1-13(23)20-19(2,3)15-10-8-14(9-11-15)12-21-16-6-4-5-7-17(16)22(25)18(21)24/h4-11H,12,25H2,1-3H3,(H,20,23). The predicted molar refractivity (Wildman–Crippen MR) is 104 cm³/mol. The van der Waals surface area contributed by atoms with E-state index in [4.69, 9.17) is 0 Å². The Morgan fingerprint density at radius 1 is 1.08 bits per heavy atom. The predicted octanol–water partition coefficient (Wildman–Crippen LogP) is 2.86. The lowest BCUT2D eigenvalue weighted by atomic mass is 9.93. The van der Waals surface area contributed by atoms with Gasteiger partial charge in [-0.05, 0) is 46.5 Å². The van der Waals surface area contributed by atoms with Crippen molar-refractivity contribution >= 4 is 26.3 Å². The number of nitrogens with zero attached hydrogens (tertiary/aromatic N) is 2. The first-order valence-corrected chi connectivity index (χ1v) is 8.65. The van der Waals surface area contributed by atoms with Gasteiger partial charge in [0.05, 0.1) is 23.1 Å². The SMILES string of the molecule is CC(=O)NC(C)(C)c1ccc(Cn2c(=O)n(P)c3ccccc32)cc1. The van der Waals surface area contributed by atoms with Gasteiger partial charge in [0.15, 0.2) is 0 Å². The Labute approximate surface area is 148 Å². The van der Waals surface area contributed by atoms with Crippen LogP contribution in [0.2, 0.25) is 0 Å². The summed E-state index contributed by atoms with van der Waals surface area (Å²) in [6, 6.07) is 15.7. The molecule has 0 spiro atoms. The highest BCUT2D eigenvalue weighted by Gasteiger charge is 2.21. The van der Waals surface area contributed by atoms with E-state index in [1.807, 2.05) is 62.4 Å². The van der Waals surface area contributed by atoms with Gasteiger partial charge in [0.2, 0.25) is 5.91 Å². The number of benzene rings is 2. The Balaban J connectivity index is 1.92. The summed E-state index contributed by atoms with van der Waals surface area (Å²) < 4.78 is 3.35. The first-order chi connectivity index (χ1) is 11.8. The molecule has 0 saturated carbocycles. The maximum absolute atomic E-state index is 12.5. The fourth-order valence-electron chi connectivity index (χ4n) is 3.11. The van der Waals surface area contributed by atoms with Crippen molar-refractivity contribution in [3.63, 3.8) is 0 Å². The number of carbonyl (C=O) groups is 1. The fraction of sp³-hybridized carbons (Fsp3) is 0.263. The van der Waals surface area contributed by atoms with Crippen LogP contribution < -0.4 is 11.0 Å². The monoisotopic (exact) mass is 355 g/mol. The molecule has 0 fully saturated rings. The van der Waals surface area contributed by atoms with Gasteiger partial charge in [-0.1, -0.05) is 36.4 Å². The zero-order valence-electron chi connectivity index (χ0n) is 14.6. The van der Waals surface area contributed by atoms with Crippen LogP contribution in [0.25, 0.3) is 11.0 Å². The van der Waals surface area contributed by atoms with E-state index < -0.39 is 5.54 Å². The zero-order valence-corrected chi connectivity index (χ0v) is 15.8. The summed E-state index contributed by atoms with van der Waals surface area (Å²) in [5.74, 6) is -0.0612. The van der Waals surface area contributed by atoms with Crippen LogP contribution >= 0.6 is 9.39 Å². The number of carbonyl (C=O) groups excluding carboxylic acids is 1. The molecule has 1 aromatic heterocycles. The minimum Gasteiger partial charge on any atom is -0.347 e. The van der Waals surface area contributed by atoms with Crippen LogP contribution in [0, 0.1) is 0 Å². The van der Waals surface area contributed by atoms with Gasteiger partial charge in [0.25, 0.3) is 0 Å². The molecule has 5 nitrogen and oxygen atoms in total. The molecule has 1 heterocycles. The summed E-state index contributed by atoms with van der Waals surface area (Å²) in [6.07, 6.45) is 0. The van der Waals surface area contributed by atoms with E-state index in [-0.39, 0.29) is 11.6 Å². The normalized spacial score (nSPS) is 11.7. The van der Waals surface area contributed by atoms with Crippen molar-refractivity contribution in [2.24, 2.45) is 0 Å². The van der Waals surface area contributed by atoms with Gasteiger partial charge in [-0.2, -0.15) is 0 Å². The van der Waals surface area contributed by atoms with Crippen molar-refractivity contribution in [1.29, 1.82) is 0 Å². The highest BCUT2D eigenvalue weighted by molar-refractivity contribution is 7.14. The number of nitrogens with one attached hydrogen (secondary N) is 1. The van der Waals surface area contributed by atoms with Crippen LogP contribution in [0.3, 0.4) is 0 Å². The quantitative estimate of drug-likeness (QED) is 0.732. The summed E-state index contributed by atoms with van der Waals surface area (Å²) in [4.78, 5) is 23.8. The Bertz CT molecular complexity index is 984. The van der Waals surface area contributed by atoms with Crippen molar-refractivity contribution in [1.82, 2.24) is 14.2 Å². The lowest BCUT2D eigenvalue weighted by molar-refractivity contribution is -0.120. The number of rotatable bonds is 4. The minimum atomic E-state index is -0.433. The van der Waals surface area contributed by atoms with E-state index in [0.717, 1.165) is 22.2 Å². The third kappa shape index (κ3) is 3.38. The Kier molecular flexibility index (Phi) is 4.53. The molecule has 1 unspecified atom stereocenters. The van der Waals surface area contributed by atoms with Crippen LogP contribution in [0.4, 0.5) is 0 Å². The van der Waals surface area contributed by atoms with E-state index in [1.54, 1.807) is 8.90 Å². The fourth-order valence-corrected chi connectivity index (χ4v) is 3.46. The molecular weight excluding hydrogens is 333 g/mol. The molecule has 0 aliphatic carbocycles. The van der Waals surface area contributed by atoms with Gasteiger partial charge in [-0.15, -0.1) is 0 Å². The smallest absolute Gasteiger partial charge is 0.332 e. The molecular formula is C19H22N3O2P. The van der Waals surface area contributed by atoms with Crippen LogP contribution in [0.15, 0.2) is 53.3 Å². The van der Waals surface area contributed by atoms with Gasteiger partial charge < -0.3 is 5.32 Å². The van der Waals surface area contributed by atoms with Crippen LogP contribution in [0.5, 0.6) is 0 Å². The molecule has 25 heavy (non-hydrogen) atoms. The second-order valence-corrected chi connectivity index (χ2v) is 7.25. The maximum atomic E-state index is 12.5. The summed E-state index contributed by atoms with van der Waals surface area (Å²) in [7, 11) is 2.47. The summed E-state index contributed by atoms with van der Waals surface area (Å²) in [6.45, 7) is 5.95. The molecule has 3 aromatic rings. The third-order valence-corrected chi connectivity index (χ3v) is 4.87. The first-order valence-electron chi connectivity index (χ1n) is 8.13. The average molecular weight is 355 g/mol. The van der Waals surface area contributed by atoms with E-state index >= 15 is 0 Å². The topological polar surface area (TPSA) is 56.0 Å². The minimum absolute atomic E-state index is 0.0612. The second kappa shape index (κ2) is 6.49. The zero-order chi connectivity index (χ0) is 18.2. The lowest BCUT2D eigenvalue weighted by Crippen LogP contribution is -2.39. The molecule has 0 aliphatic rings. The molecule has 130 valence electrons. The highest BCUT2D eigenvalue weighted by Crippen LogP contribution is 2.21. The van der Waals surface area contributed by atoms with Crippen molar-refractivity contribution < 1.29 is 4.79 Å². The Morgan fingerprint density at radius 3 is 2.28 bits per heavy atom. The van der Waals surface area contributed by atoms with Gasteiger partial charge in [-0.3, -0.25) is 13.7 Å². The number of amides is 1. The van der Waals surface area contributed by atoms with E-state index in [9.17, 15) is 9.59 Å². The van der Waals surface area contributed by atoms with Crippen molar-refractivity contribution in [3.05, 3.63) is 70.1 Å². The molecule has 0 radical (unpaired) electrons. The van der Waals surface area contributed by atoms with Gasteiger partial charge in [0.1, 0.15) is 0 Å². The molecule has 1 N–H and O–H groups in total. The molecule has 6 heteroatoms. The van der Waals surface area contributed by atoms with Crippen LogP contribution in [-0.2, 0) is 16.9 Å². The molecule has 0 bridgehead atoms. The molecule has 0 saturated heterocycles. The molecule has 3 rings (SSSR count).